The lowest BCUT2D eigenvalue weighted by Gasteiger charge is -2.33. The molecule has 0 bridgehead atoms. The molecule has 2 spiro atoms. The first-order chi connectivity index (χ1) is 65.3. The summed E-state index contributed by atoms with van der Waals surface area (Å²) in [5.74, 6) is 0. The minimum atomic E-state index is -0.564. The van der Waals surface area contributed by atoms with E-state index < -0.39 is 10.8 Å². The van der Waals surface area contributed by atoms with E-state index in [1.807, 2.05) is 0 Å². The summed E-state index contributed by atoms with van der Waals surface area (Å²) in [5, 5.41) is 4.87. The molecule has 4 aliphatic carbocycles. The molecule has 0 saturated carbocycles. The molecule has 0 amide bonds. The summed E-state index contributed by atoms with van der Waals surface area (Å²) in [5.41, 5.74) is 45.9. The second-order valence-electron chi connectivity index (χ2n) is 39.0. The molecule has 0 fully saturated rings. The third-order valence-electron chi connectivity index (χ3n) is 28.7. The zero-order valence-corrected chi connectivity index (χ0v) is 77.5. The Morgan fingerprint density at radius 3 is 0.769 bits per heavy atom. The highest BCUT2D eigenvalue weighted by Crippen LogP contribution is 2.67. The molecule has 4 heteroatoms. The fourth-order valence-corrected chi connectivity index (χ4v) is 22.0. The molecular weight excluding hydrogens is 1620 g/mol. The van der Waals surface area contributed by atoms with Gasteiger partial charge in [0.05, 0.1) is 22.2 Å². The van der Waals surface area contributed by atoms with Crippen molar-refractivity contribution in [3.63, 3.8) is 0 Å². The number of hydrogen-bond donors (Lipinski definition) is 0. The first-order valence-electron chi connectivity index (χ1n) is 47.2. The summed E-state index contributed by atoms with van der Waals surface area (Å²) < 4.78 is 0. The Morgan fingerprint density at radius 2 is 0.418 bits per heavy atom. The second-order valence-corrected chi connectivity index (χ2v) is 39.0. The van der Waals surface area contributed by atoms with Gasteiger partial charge in [-0.1, -0.05) is 367 Å². The lowest BCUT2D eigenvalue weighted by atomic mass is 9.68. The van der Waals surface area contributed by atoms with Crippen LogP contribution in [-0.2, 0) is 21.7 Å². The van der Waals surface area contributed by atoms with Crippen molar-refractivity contribution in [3.05, 3.63) is 527 Å². The molecule has 0 aliphatic heterocycles. The van der Waals surface area contributed by atoms with Crippen LogP contribution >= 0.6 is 0 Å². The Bertz CT molecular complexity index is 7380. The maximum atomic E-state index is 2.56. The van der Waals surface area contributed by atoms with Gasteiger partial charge in [-0.3, -0.25) is 0 Å². The standard InChI is InChI=1S/C73H66N2.C57H38N2/c1-47-11-27-57(28-12-47)74(58-29-13-48(2)14-30-58)61-35-19-51(20-36-61)53-23-39-63-64-40-24-54(52-21-37-62(38-22-52)75(59-31-15-49(3)16-32-59)60-33-17-50(4)18-34-60)44-68(64)73(67(63)43-53)69-45-55(71(5,6)7)25-41-65(69)66-42-26-56(46-70(66)73)72(8,9)10;1-3-21-41(22-4-1)58(55-31-15-19-39-17-7-9-25-45(39)55)43-33-35-49-50-36-34-44(59(42-23-5-2-6-24-42)56-32-16-20-40-18-8-10-26-46(40)56)38-54(50)57(53(49)37-43)51-29-13-11-27-47(51)48-28-12-14-30-52(48)57/h11-46H,1-10H3;1-38H. The van der Waals surface area contributed by atoms with Gasteiger partial charge in [0, 0.05) is 67.6 Å². The molecule has 4 aliphatic rings. The topological polar surface area (TPSA) is 13.0 Å². The molecule has 0 atom stereocenters. The molecule has 0 aromatic heterocycles. The smallest absolute Gasteiger partial charge is 0.0727 e. The van der Waals surface area contributed by atoms with E-state index in [0.717, 1.165) is 68.2 Å². The number of benzene rings is 20. The van der Waals surface area contributed by atoms with Crippen molar-refractivity contribution in [2.24, 2.45) is 0 Å². The Balaban J connectivity index is 0.000000155. The van der Waals surface area contributed by atoms with Crippen LogP contribution in [0.3, 0.4) is 0 Å². The molecule has 0 radical (unpaired) electrons. The minimum absolute atomic E-state index is 0.0465. The van der Waals surface area contributed by atoms with Crippen molar-refractivity contribution in [2.45, 2.75) is 90.9 Å². The third kappa shape index (κ3) is 13.8. The van der Waals surface area contributed by atoms with Gasteiger partial charge in [-0.15, -0.1) is 0 Å². The maximum absolute atomic E-state index is 2.56. The van der Waals surface area contributed by atoms with E-state index in [0.29, 0.717) is 0 Å². The van der Waals surface area contributed by atoms with Gasteiger partial charge >= 0.3 is 0 Å². The van der Waals surface area contributed by atoms with Gasteiger partial charge in [0.2, 0.25) is 0 Å². The van der Waals surface area contributed by atoms with Crippen LogP contribution in [0.2, 0.25) is 0 Å². The van der Waals surface area contributed by atoms with Gasteiger partial charge in [-0.25, -0.2) is 0 Å². The van der Waals surface area contributed by atoms with Crippen molar-refractivity contribution >= 4 is 89.8 Å². The van der Waals surface area contributed by atoms with Crippen molar-refractivity contribution < 1.29 is 0 Å². The number of anilines is 12. The van der Waals surface area contributed by atoms with E-state index in [1.165, 1.54) is 166 Å². The van der Waals surface area contributed by atoms with Gasteiger partial charge < -0.3 is 19.6 Å². The van der Waals surface area contributed by atoms with Gasteiger partial charge in [0.25, 0.3) is 0 Å². The summed E-state index contributed by atoms with van der Waals surface area (Å²) in [4.78, 5) is 9.60. The number of rotatable bonds is 14. The predicted molar refractivity (Wildman–Crippen MR) is 566 cm³/mol. The Morgan fingerprint density at radius 1 is 0.172 bits per heavy atom. The van der Waals surface area contributed by atoms with E-state index in [-0.39, 0.29) is 10.8 Å². The van der Waals surface area contributed by atoms with Crippen LogP contribution < -0.4 is 19.6 Å². The quantitative estimate of drug-likeness (QED) is 0.108. The molecule has 20 aromatic rings. The van der Waals surface area contributed by atoms with Crippen LogP contribution in [0.4, 0.5) is 68.2 Å². The summed E-state index contributed by atoms with van der Waals surface area (Å²) >= 11 is 0. The van der Waals surface area contributed by atoms with E-state index >= 15 is 0 Å². The first kappa shape index (κ1) is 82.5. The van der Waals surface area contributed by atoms with Crippen LogP contribution in [0, 0.1) is 27.7 Å². The van der Waals surface area contributed by atoms with Gasteiger partial charge in [0.1, 0.15) is 0 Å². The Labute approximate surface area is 788 Å². The van der Waals surface area contributed by atoms with E-state index in [4.69, 9.17) is 0 Å². The van der Waals surface area contributed by atoms with Crippen LogP contribution in [0.1, 0.15) is 119 Å². The minimum Gasteiger partial charge on any atom is -0.311 e. The van der Waals surface area contributed by atoms with Crippen LogP contribution in [0.5, 0.6) is 0 Å². The zero-order valence-electron chi connectivity index (χ0n) is 77.5. The Hall–Kier alpha value is -15.9. The summed E-state index contributed by atoms with van der Waals surface area (Å²) in [6.07, 6.45) is 0. The lowest BCUT2D eigenvalue weighted by molar-refractivity contribution is 0.586. The molecular formula is C130H104N4. The highest BCUT2D eigenvalue weighted by Gasteiger charge is 2.55. The molecule has 0 unspecified atom stereocenters. The lowest BCUT2D eigenvalue weighted by Crippen LogP contribution is -2.27. The molecule has 0 saturated heterocycles. The van der Waals surface area contributed by atoms with E-state index in [9.17, 15) is 0 Å². The monoisotopic (exact) mass is 1720 g/mol. The van der Waals surface area contributed by atoms with Crippen LogP contribution in [-0.4, -0.2) is 0 Å². The molecule has 644 valence electrons. The van der Waals surface area contributed by atoms with Crippen molar-refractivity contribution in [1.29, 1.82) is 0 Å². The molecule has 0 heterocycles. The molecule has 134 heavy (non-hydrogen) atoms. The van der Waals surface area contributed by atoms with Crippen molar-refractivity contribution in [2.75, 3.05) is 19.6 Å². The van der Waals surface area contributed by atoms with Crippen LogP contribution in [0.25, 0.3) is 88.3 Å². The van der Waals surface area contributed by atoms with Crippen LogP contribution in [0.15, 0.2) is 449 Å². The first-order valence-corrected chi connectivity index (χ1v) is 47.2. The second kappa shape index (κ2) is 32.6. The summed E-state index contributed by atoms with van der Waals surface area (Å²) in [7, 11) is 0. The van der Waals surface area contributed by atoms with Gasteiger partial charge in [0.15, 0.2) is 0 Å². The SMILES string of the molecule is Cc1ccc(N(c2ccc(C)cc2)c2ccc(-c3ccc4c(c3)C3(c5cc(-c6ccc(N(c7ccc(C)cc7)c7ccc(C)cc7)cc6)ccc5-4)c4cc(C(C)(C)C)ccc4-c4ccc(C(C)(C)C)cc43)cc2)cc1.c1ccc(N(c2ccc3c(c2)C2(c4ccccc4-c4ccccc42)c2cc(N(c4ccccc4)c4cccc5ccccc45)ccc2-3)c2cccc3ccccc23)cc1. The predicted octanol–water partition coefficient (Wildman–Crippen LogP) is 35.4. The average molecular weight is 1720 g/mol. The highest BCUT2D eigenvalue weighted by atomic mass is 15.2. The average Bonchev–Trinajstić information content (AvgIpc) is 1.51. The molecule has 24 rings (SSSR count). The largest absolute Gasteiger partial charge is 0.311 e. The molecule has 4 nitrogen and oxygen atoms in total. The summed E-state index contributed by atoms with van der Waals surface area (Å²) in [6, 6.07) is 168. The van der Waals surface area contributed by atoms with E-state index in [2.05, 4.69) is 538 Å². The normalized spacial score (nSPS) is 13.0. The number of nitrogens with zero attached hydrogens (tertiary/aromatic N) is 4. The summed E-state index contributed by atoms with van der Waals surface area (Å²) in [6.45, 7) is 22.7. The number of fused-ring (bicyclic) bond motifs is 22. The van der Waals surface area contributed by atoms with E-state index in [1.54, 1.807) is 0 Å². The highest BCUT2D eigenvalue weighted by molar-refractivity contribution is 6.05. The third-order valence-corrected chi connectivity index (χ3v) is 28.7. The fraction of sp³-hybridized carbons (Fsp3) is 0.108. The molecule has 0 N–H and O–H groups in total. The van der Waals surface area contributed by atoms with Crippen molar-refractivity contribution in [1.82, 2.24) is 0 Å². The zero-order chi connectivity index (χ0) is 90.9. The number of aryl methyl sites for hydroxylation is 4. The number of hydrogen-bond acceptors (Lipinski definition) is 4. The van der Waals surface area contributed by atoms with Gasteiger partial charge in [-0.05, 0) is 317 Å². The Kier molecular flexibility index (Phi) is 20.1. The van der Waals surface area contributed by atoms with Gasteiger partial charge in [-0.2, -0.15) is 0 Å². The maximum Gasteiger partial charge on any atom is 0.0727 e. The van der Waals surface area contributed by atoms with Crippen molar-refractivity contribution in [3.8, 4) is 66.8 Å². The fourth-order valence-electron chi connectivity index (χ4n) is 22.0. The molecule has 20 aromatic carbocycles. The number of para-hydroxylation sites is 2.